The van der Waals surface area contributed by atoms with E-state index < -0.39 is 6.04 Å². The number of nitrogens with two attached hydrogens (primary N) is 1. The van der Waals surface area contributed by atoms with Gasteiger partial charge in [-0.3, -0.25) is 9.59 Å². The Kier molecular flexibility index (Phi) is 5.00. The van der Waals surface area contributed by atoms with Crippen LogP contribution in [0, 0.1) is 5.92 Å². The molecule has 0 saturated heterocycles. The molecule has 0 radical (unpaired) electrons. The number of hydrogen-bond donors (Lipinski definition) is 2. The Labute approximate surface area is 133 Å². The fourth-order valence-corrected chi connectivity index (χ4v) is 2.64. The molecule has 5 nitrogen and oxygen atoms in total. The smallest absolute Gasteiger partial charge is 0.246 e. The average Bonchev–Trinajstić information content (AvgIpc) is 2.86. The van der Waals surface area contributed by atoms with Crippen molar-refractivity contribution in [2.45, 2.75) is 26.3 Å². The molecule has 1 atom stereocenters. The number of fused-ring (bicyclic) bond motifs is 1. The van der Waals surface area contributed by atoms with Crippen LogP contribution in [0.4, 0.5) is 5.69 Å². The van der Waals surface area contributed by atoms with Gasteiger partial charge in [-0.05, 0) is 30.0 Å². The third-order valence-corrected chi connectivity index (χ3v) is 4.17. The van der Waals surface area contributed by atoms with Crippen LogP contribution in [0.25, 0.3) is 0 Å². The number of nitrogens with zero attached hydrogens (tertiary/aromatic N) is 1. The quantitative estimate of drug-likeness (QED) is 0.859. The highest BCUT2D eigenvalue weighted by Crippen LogP contribution is 2.30. The molecule has 0 aliphatic carbocycles. The van der Waals surface area contributed by atoms with E-state index in [-0.39, 0.29) is 24.3 Å². The molecule has 1 aliphatic heterocycles. The third-order valence-electron chi connectivity index (χ3n) is 3.68. The van der Waals surface area contributed by atoms with Crippen molar-refractivity contribution in [1.29, 1.82) is 0 Å². The van der Waals surface area contributed by atoms with E-state index in [9.17, 15) is 9.59 Å². The Bertz CT molecular complexity index is 560. The summed E-state index contributed by atoms with van der Waals surface area (Å²) in [5.41, 5.74) is 7.82. The maximum absolute atomic E-state index is 12.3. The molecule has 2 rings (SSSR count). The molecule has 21 heavy (non-hydrogen) atoms. The second-order valence-electron chi connectivity index (χ2n) is 5.56. The normalized spacial score (nSPS) is 15.0. The summed E-state index contributed by atoms with van der Waals surface area (Å²) in [6.45, 7) is 4.38. The summed E-state index contributed by atoms with van der Waals surface area (Å²) in [6, 6.07) is 5.33. The lowest BCUT2D eigenvalue weighted by Crippen LogP contribution is -2.47. The van der Waals surface area contributed by atoms with Gasteiger partial charge < -0.3 is 16.0 Å². The summed E-state index contributed by atoms with van der Waals surface area (Å²) in [4.78, 5) is 25.8. The van der Waals surface area contributed by atoms with Crippen LogP contribution in [0.3, 0.4) is 0 Å². The molecule has 114 valence electrons. The molecule has 1 aliphatic rings. The molecular formula is C15H20BrN3O2. The second-order valence-corrected chi connectivity index (χ2v) is 6.47. The van der Waals surface area contributed by atoms with E-state index in [0.717, 1.165) is 22.1 Å². The van der Waals surface area contributed by atoms with Gasteiger partial charge in [-0.2, -0.15) is 0 Å². The number of amides is 2. The lowest BCUT2D eigenvalue weighted by molar-refractivity contribution is -0.126. The van der Waals surface area contributed by atoms with E-state index in [1.165, 1.54) is 0 Å². The van der Waals surface area contributed by atoms with Crippen LogP contribution < -0.4 is 16.0 Å². The van der Waals surface area contributed by atoms with E-state index in [1.54, 1.807) is 4.90 Å². The van der Waals surface area contributed by atoms with Crippen LogP contribution in [0.15, 0.2) is 22.7 Å². The van der Waals surface area contributed by atoms with Gasteiger partial charge in [0.05, 0.1) is 12.6 Å². The van der Waals surface area contributed by atoms with Gasteiger partial charge in [0, 0.05) is 16.7 Å². The van der Waals surface area contributed by atoms with Crippen molar-refractivity contribution >= 4 is 33.4 Å². The number of halogens is 1. The Morgan fingerprint density at radius 2 is 2.14 bits per heavy atom. The number of carbonyl (C=O) groups excluding carboxylic acids is 2. The molecule has 0 spiro atoms. The molecule has 0 aromatic heterocycles. The van der Waals surface area contributed by atoms with Crippen molar-refractivity contribution in [3.63, 3.8) is 0 Å². The van der Waals surface area contributed by atoms with Crippen LogP contribution in [0.1, 0.15) is 19.4 Å². The first kappa shape index (κ1) is 16.0. The minimum absolute atomic E-state index is 0.0226. The zero-order chi connectivity index (χ0) is 15.6. The van der Waals surface area contributed by atoms with Crippen molar-refractivity contribution in [2.24, 2.45) is 11.7 Å². The first-order valence-electron chi connectivity index (χ1n) is 7.02. The van der Waals surface area contributed by atoms with E-state index in [2.05, 4.69) is 21.2 Å². The minimum Gasteiger partial charge on any atom is -0.346 e. The maximum Gasteiger partial charge on any atom is 0.246 e. The van der Waals surface area contributed by atoms with Crippen molar-refractivity contribution in [1.82, 2.24) is 5.32 Å². The van der Waals surface area contributed by atoms with Gasteiger partial charge in [-0.25, -0.2) is 0 Å². The molecule has 0 fully saturated rings. The molecule has 2 amide bonds. The first-order valence-corrected chi connectivity index (χ1v) is 7.81. The van der Waals surface area contributed by atoms with Crippen LogP contribution in [-0.2, 0) is 16.0 Å². The lowest BCUT2D eigenvalue weighted by Gasteiger charge is -2.19. The third kappa shape index (κ3) is 3.63. The van der Waals surface area contributed by atoms with E-state index in [4.69, 9.17) is 5.73 Å². The van der Waals surface area contributed by atoms with Crippen LogP contribution in [0.5, 0.6) is 0 Å². The fraction of sp³-hybridized carbons (Fsp3) is 0.467. The van der Waals surface area contributed by atoms with Crippen molar-refractivity contribution in [2.75, 3.05) is 18.0 Å². The summed E-state index contributed by atoms with van der Waals surface area (Å²) in [6.07, 6.45) is 0.841. The van der Waals surface area contributed by atoms with Gasteiger partial charge >= 0.3 is 0 Å². The SMILES string of the molecule is CC(C)[C@H](N)C(=O)NCC(=O)N1CCc2ccc(Br)cc21. The predicted molar refractivity (Wildman–Crippen MR) is 86.0 cm³/mol. The highest BCUT2D eigenvalue weighted by atomic mass is 79.9. The van der Waals surface area contributed by atoms with Gasteiger partial charge in [0.25, 0.3) is 0 Å². The monoisotopic (exact) mass is 353 g/mol. The summed E-state index contributed by atoms with van der Waals surface area (Å²) in [7, 11) is 0. The Morgan fingerprint density at radius 3 is 2.81 bits per heavy atom. The molecule has 1 aromatic rings. The minimum atomic E-state index is -0.585. The highest BCUT2D eigenvalue weighted by molar-refractivity contribution is 9.10. The molecule has 1 heterocycles. The van der Waals surface area contributed by atoms with E-state index >= 15 is 0 Å². The largest absolute Gasteiger partial charge is 0.346 e. The summed E-state index contributed by atoms with van der Waals surface area (Å²) < 4.78 is 0.937. The number of carbonyl (C=O) groups is 2. The Morgan fingerprint density at radius 1 is 1.43 bits per heavy atom. The molecule has 0 saturated carbocycles. The van der Waals surface area contributed by atoms with Crippen molar-refractivity contribution in [3.05, 3.63) is 28.2 Å². The average molecular weight is 354 g/mol. The number of benzene rings is 1. The number of anilines is 1. The molecule has 6 heteroatoms. The van der Waals surface area contributed by atoms with Gasteiger partial charge in [0.1, 0.15) is 0 Å². The highest BCUT2D eigenvalue weighted by Gasteiger charge is 2.25. The molecule has 1 aromatic carbocycles. The second kappa shape index (κ2) is 6.58. The number of nitrogens with one attached hydrogen (secondary N) is 1. The van der Waals surface area contributed by atoms with Crippen LogP contribution >= 0.6 is 15.9 Å². The molecule has 0 bridgehead atoms. The standard InChI is InChI=1S/C15H20BrN3O2/c1-9(2)14(17)15(21)18-8-13(20)19-6-5-10-3-4-11(16)7-12(10)19/h3-4,7,9,14H,5-6,8,17H2,1-2H3,(H,18,21)/t14-/m0/s1. The predicted octanol–water partition coefficient (Wildman–Crippen LogP) is 1.44. The fourth-order valence-electron chi connectivity index (χ4n) is 2.29. The number of rotatable bonds is 4. The zero-order valence-electron chi connectivity index (χ0n) is 12.2. The van der Waals surface area contributed by atoms with Gasteiger partial charge in [0.2, 0.25) is 11.8 Å². The van der Waals surface area contributed by atoms with Gasteiger partial charge in [0.15, 0.2) is 0 Å². The van der Waals surface area contributed by atoms with Crippen LogP contribution in [0.2, 0.25) is 0 Å². The van der Waals surface area contributed by atoms with E-state index in [1.807, 2.05) is 32.0 Å². The van der Waals surface area contributed by atoms with Crippen LogP contribution in [-0.4, -0.2) is 30.9 Å². The summed E-state index contributed by atoms with van der Waals surface area (Å²) in [5, 5.41) is 2.62. The topological polar surface area (TPSA) is 75.4 Å². The Balaban J connectivity index is 1.97. The van der Waals surface area contributed by atoms with Gasteiger partial charge in [-0.1, -0.05) is 35.8 Å². The van der Waals surface area contributed by atoms with Crippen molar-refractivity contribution < 1.29 is 9.59 Å². The van der Waals surface area contributed by atoms with E-state index in [0.29, 0.717) is 6.54 Å². The molecule has 0 unspecified atom stereocenters. The van der Waals surface area contributed by atoms with Gasteiger partial charge in [-0.15, -0.1) is 0 Å². The molecular weight excluding hydrogens is 334 g/mol. The summed E-state index contributed by atoms with van der Waals surface area (Å²) in [5.74, 6) is -0.355. The van der Waals surface area contributed by atoms with Crippen molar-refractivity contribution in [3.8, 4) is 0 Å². The summed E-state index contributed by atoms with van der Waals surface area (Å²) >= 11 is 3.41. The lowest BCUT2D eigenvalue weighted by atomic mass is 10.1. The zero-order valence-corrected chi connectivity index (χ0v) is 13.8. The molecule has 3 N–H and O–H groups in total. The number of hydrogen-bond acceptors (Lipinski definition) is 3. The Hall–Kier alpha value is -1.40. The first-order chi connectivity index (χ1) is 9.90. The maximum atomic E-state index is 12.3.